The summed E-state index contributed by atoms with van der Waals surface area (Å²) in [5.74, 6) is 2.31. The van der Waals surface area contributed by atoms with Gasteiger partial charge in [-0.25, -0.2) is 0 Å². The molecule has 0 radical (unpaired) electrons. The van der Waals surface area contributed by atoms with Gasteiger partial charge in [-0.2, -0.15) is 0 Å². The maximum atomic E-state index is 11.1. The Bertz CT molecular complexity index is 330. The molecule has 0 fully saturated rings. The van der Waals surface area contributed by atoms with Gasteiger partial charge in [0.2, 0.25) is 5.91 Å². The number of halogens is 1. The number of nitrogens with one attached hydrogen (secondary N) is 2. The first kappa shape index (κ1) is 14.6. The third-order valence-corrected chi connectivity index (χ3v) is 1.83. The molecule has 2 N–H and O–H groups in total. The molecule has 4 nitrogen and oxygen atoms in total. The van der Waals surface area contributed by atoms with Crippen LogP contribution in [0.25, 0.3) is 0 Å². The smallest absolute Gasteiger partial charge is 0.222 e. The number of furan rings is 1. The average molecular weight is 243 g/mol. The summed E-state index contributed by atoms with van der Waals surface area (Å²) < 4.78 is 4.90. The first-order chi connectivity index (χ1) is 7.33. The van der Waals surface area contributed by atoms with E-state index in [9.17, 15) is 4.79 Å². The maximum absolute atomic E-state index is 11.1. The average Bonchev–Trinajstić information content (AvgIpc) is 2.74. The van der Waals surface area contributed by atoms with E-state index in [0.29, 0.717) is 26.1 Å². The van der Waals surface area contributed by atoms with Crippen LogP contribution >= 0.6 is 12.4 Å². The lowest BCUT2D eigenvalue weighted by atomic mass is 10.3. The topological polar surface area (TPSA) is 54.3 Å². The molecule has 0 unspecified atom stereocenters. The Balaban J connectivity index is 0.00000225. The van der Waals surface area contributed by atoms with Gasteiger partial charge < -0.3 is 15.1 Å². The van der Waals surface area contributed by atoms with Crippen molar-refractivity contribution in [2.75, 3.05) is 13.1 Å². The Labute approximate surface area is 101 Å². The lowest BCUT2D eigenvalue weighted by Gasteiger charge is -2.02. The fourth-order valence-corrected chi connectivity index (χ4v) is 1.07. The van der Waals surface area contributed by atoms with Gasteiger partial charge in [-0.05, 0) is 6.07 Å². The van der Waals surface area contributed by atoms with E-state index in [2.05, 4.69) is 16.6 Å². The highest BCUT2D eigenvalue weighted by atomic mass is 35.5. The molecule has 1 amide bonds. The Morgan fingerprint density at radius 3 is 3.00 bits per heavy atom. The van der Waals surface area contributed by atoms with Gasteiger partial charge in [-0.15, -0.1) is 18.8 Å². The molecule has 0 saturated carbocycles. The quantitative estimate of drug-likeness (QED) is 0.577. The Kier molecular flexibility index (Phi) is 8.04. The molecule has 16 heavy (non-hydrogen) atoms. The molecule has 0 spiro atoms. The summed E-state index contributed by atoms with van der Waals surface area (Å²) in [7, 11) is 0. The lowest BCUT2D eigenvalue weighted by molar-refractivity contribution is -0.120. The molecular formula is C11H15ClN2O2. The highest BCUT2D eigenvalue weighted by Gasteiger charge is 1.99. The van der Waals surface area contributed by atoms with E-state index in [1.54, 1.807) is 12.5 Å². The van der Waals surface area contributed by atoms with E-state index in [4.69, 9.17) is 10.8 Å². The van der Waals surface area contributed by atoms with Gasteiger partial charge in [0.1, 0.15) is 0 Å². The van der Waals surface area contributed by atoms with Crippen LogP contribution in [-0.4, -0.2) is 19.0 Å². The molecule has 1 rings (SSSR count). The van der Waals surface area contributed by atoms with Crippen molar-refractivity contribution in [1.29, 1.82) is 0 Å². The maximum Gasteiger partial charge on any atom is 0.222 e. The second kappa shape index (κ2) is 8.84. The number of carbonyl (C=O) groups excluding carboxylic acids is 1. The molecular weight excluding hydrogens is 228 g/mol. The van der Waals surface area contributed by atoms with Gasteiger partial charge in [-0.1, -0.05) is 5.92 Å². The van der Waals surface area contributed by atoms with Crippen molar-refractivity contribution in [2.24, 2.45) is 0 Å². The standard InChI is InChI=1S/C11H14N2O2.ClH/c1-2-5-13-11(14)3-6-12-8-10-4-7-15-9-10;/h1,4,7,9,12H,3,5-6,8H2,(H,13,14);1H. The molecule has 0 aliphatic carbocycles. The zero-order valence-electron chi connectivity index (χ0n) is 8.86. The minimum Gasteiger partial charge on any atom is -0.472 e. The van der Waals surface area contributed by atoms with Crippen LogP contribution < -0.4 is 10.6 Å². The fourth-order valence-electron chi connectivity index (χ4n) is 1.07. The van der Waals surface area contributed by atoms with Crippen molar-refractivity contribution in [3.05, 3.63) is 24.2 Å². The van der Waals surface area contributed by atoms with Crippen LogP contribution in [0.15, 0.2) is 23.0 Å². The number of hydrogen-bond donors (Lipinski definition) is 2. The molecule has 0 atom stereocenters. The molecule has 0 saturated heterocycles. The molecule has 88 valence electrons. The molecule has 0 bridgehead atoms. The normalized spacial score (nSPS) is 8.94. The highest BCUT2D eigenvalue weighted by Crippen LogP contribution is 1.98. The van der Waals surface area contributed by atoms with Crippen LogP contribution in [0.1, 0.15) is 12.0 Å². The Hall–Kier alpha value is -1.44. The molecule has 1 aromatic heterocycles. The van der Waals surface area contributed by atoms with Gasteiger partial charge >= 0.3 is 0 Å². The summed E-state index contributed by atoms with van der Waals surface area (Å²) in [5.41, 5.74) is 1.07. The van der Waals surface area contributed by atoms with Crippen LogP contribution in [0.2, 0.25) is 0 Å². The SMILES string of the molecule is C#CCNC(=O)CCNCc1ccoc1.Cl. The predicted molar refractivity (Wildman–Crippen MR) is 64.1 cm³/mol. The van der Waals surface area contributed by atoms with Gasteiger partial charge in [-0.3, -0.25) is 4.79 Å². The first-order valence-corrected chi connectivity index (χ1v) is 4.75. The molecule has 1 heterocycles. The Morgan fingerprint density at radius 1 is 1.56 bits per heavy atom. The van der Waals surface area contributed by atoms with Gasteiger partial charge in [0.15, 0.2) is 0 Å². The summed E-state index contributed by atoms with van der Waals surface area (Å²) in [6.07, 6.45) is 8.73. The van der Waals surface area contributed by atoms with Crippen LogP contribution in [0.5, 0.6) is 0 Å². The minimum atomic E-state index is -0.0346. The summed E-state index contributed by atoms with van der Waals surface area (Å²) in [6, 6.07) is 1.88. The fraction of sp³-hybridized carbons (Fsp3) is 0.364. The minimum absolute atomic E-state index is 0. The molecule has 0 aromatic carbocycles. The zero-order chi connectivity index (χ0) is 10.9. The van der Waals surface area contributed by atoms with E-state index >= 15 is 0 Å². The summed E-state index contributed by atoms with van der Waals surface area (Å²) in [4.78, 5) is 11.1. The molecule has 0 aliphatic rings. The van der Waals surface area contributed by atoms with Gasteiger partial charge in [0.25, 0.3) is 0 Å². The van der Waals surface area contributed by atoms with Crippen molar-refractivity contribution in [3.63, 3.8) is 0 Å². The number of amides is 1. The van der Waals surface area contributed by atoms with Crippen molar-refractivity contribution < 1.29 is 9.21 Å². The third-order valence-electron chi connectivity index (χ3n) is 1.83. The largest absolute Gasteiger partial charge is 0.472 e. The zero-order valence-corrected chi connectivity index (χ0v) is 9.68. The lowest BCUT2D eigenvalue weighted by Crippen LogP contribution is -2.27. The third kappa shape index (κ3) is 6.12. The van der Waals surface area contributed by atoms with Crippen LogP contribution in [-0.2, 0) is 11.3 Å². The highest BCUT2D eigenvalue weighted by molar-refractivity contribution is 5.85. The molecule has 5 heteroatoms. The van der Waals surface area contributed by atoms with Crippen LogP contribution in [0.3, 0.4) is 0 Å². The van der Waals surface area contributed by atoms with E-state index in [1.807, 2.05) is 6.07 Å². The van der Waals surface area contributed by atoms with Gasteiger partial charge in [0, 0.05) is 25.1 Å². The van der Waals surface area contributed by atoms with Crippen LogP contribution in [0, 0.1) is 12.3 Å². The predicted octanol–water partition coefficient (Wildman–Crippen LogP) is 0.930. The number of hydrogen-bond acceptors (Lipinski definition) is 3. The number of terminal acetylenes is 1. The van der Waals surface area contributed by atoms with Crippen molar-refractivity contribution >= 4 is 18.3 Å². The van der Waals surface area contributed by atoms with E-state index in [1.165, 1.54) is 0 Å². The van der Waals surface area contributed by atoms with Crippen molar-refractivity contribution in [1.82, 2.24) is 10.6 Å². The van der Waals surface area contributed by atoms with Gasteiger partial charge in [0.05, 0.1) is 19.1 Å². The number of rotatable bonds is 6. The molecule has 1 aromatic rings. The summed E-state index contributed by atoms with van der Waals surface area (Å²) in [5, 5.41) is 5.72. The van der Waals surface area contributed by atoms with Crippen molar-refractivity contribution in [3.8, 4) is 12.3 Å². The van der Waals surface area contributed by atoms with E-state index < -0.39 is 0 Å². The number of carbonyl (C=O) groups is 1. The Morgan fingerprint density at radius 2 is 2.38 bits per heavy atom. The summed E-state index contributed by atoms with van der Waals surface area (Å²) >= 11 is 0. The van der Waals surface area contributed by atoms with Crippen LogP contribution in [0.4, 0.5) is 0 Å². The monoisotopic (exact) mass is 242 g/mol. The second-order valence-corrected chi connectivity index (χ2v) is 3.04. The second-order valence-electron chi connectivity index (χ2n) is 3.04. The summed E-state index contributed by atoms with van der Waals surface area (Å²) in [6.45, 7) is 1.63. The molecule has 0 aliphatic heterocycles. The van der Waals surface area contributed by atoms with Crippen molar-refractivity contribution in [2.45, 2.75) is 13.0 Å². The van der Waals surface area contributed by atoms with E-state index in [0.717, 1.165) is 5.56 Å². The first-order valence-electron chi connectivity index (χ1n) is 4.75. The van der Waals surface area contributed by atoms with E-state index in [-0.39, 0.29) is 18.3 Å².